The van der Waals surface area contributed by atoms with Gasteiger partial charge in [-0.2, -0.15) is 0 Å². The number of hydrogen-bond acceptors (Lipinski definition) is 4. The number of hydrogen-bond donors (Lipinski definition) is 0. The maximum Gasteiger partial charge on any atom is 0.411 e. The van der Waals surface area contributed by atoms with Gasteiger partial charge in [-0.05, 0) is 45.3 Å². The Morgan fingerprint density at radius 1 is 1.24 bits per heavy atom. The Hall–Kier alpha value is -0.883. The van der Waals surface area contributed by atoms with Crippen LogP contribution in [-0.2, 0) is 14.0 Å². The largest absolute Gasteiger partial charge is 0.444 e. The average Bonchev–Trinajstić information content (AvgIpc) is 2.74. The zero-order valence-electron chi connectivity index (χ0n) is 17.6. The van der Waals surface area contributed by atoms with Crippen LogP contribution in [0.15, 0.2) is 0 Å². The fourth-order valence-corrected chi connectivity index (χ4v) is 4.39. The summed E-state index contributed by atoms with van der Waals surface area (Å²) in [6.45, 7) is 18.9. The lowest BCUT2D eigenvalue weighted by atomic mass is 9.92. The number of ether oxygens (including phenoxy) is 1. The molecule has 1 aliphatic rings. The van der Waals surface area contributed by atoms with E-state index in [4.69, 9.17) is 9.16 Å². The molecule has 0 aliphatic carbocycles. The number of rotatable bonds is 5. The highest BCUT2D eigenvalue weighted by Crippen LogP contribution is 2.41. The molecular weight excluding hydrogens is 334 g/mol. The molecule has 6 heteroatoms. The maximum absolute atomic E-state index is 12.7. The summed E-state index contributed by atoms with van der Waals surface area (Å²) in [5.74, 6) is 0. The van der Waals surface area contributed by atoms with E-state index < -0.39 is 25.6 Å². The molecule has 1 heterocycles. The van der Waals surface area contributed by atoms with Gasteiger partial charge in [0, 0.05) is 6.42 Å². The molecule has 0 N–H and O–H groups in total. The standard InChI is InChI=1S/C19H37NO4Si/c1-10-11-19(14-21)12-15(24-25(8,9)18(5,6)7)13-20(19)16(22)23-17(2,3)4/h14-15H,10-13H2,1-9H3. The van der Waals surface area contributed by atoms with Gasteiger partial charge in [0.2, 0.25) is 0 Å². The predicted octanol–water partition coefficient (Wildman–Crippen LogP) is 4.76. The number of carbonyl (C=O) groups excluding carboxylic acids is 2. The molecule has 1 aliphatic heterocycles. The van der Waals surface area contributed by atoms with Crippen molar-refractivity contribution in [1.82, 2.24) is 4.90 Å². The van der Waals surface area contributed by atoms with Crippen molar-refractivity contribution in [2.75, 3.05) is 6.54 Å². The van der Waals surface area contributed by atoms with Crippen molar-refractivity contribution in [2.45, 2.75) is 103 Å². The summed E-state index contributed by atoms with van der Waals surface area (Å²) >= 11 is 0. The van der Waals surface area contributed by atoms with E-state index >= 15 is 0 Å². The molecule has 25 heavy (non-hydrogen) atoms. The van der Waals surface area contributed by atoms with Gasteiger partial charge in [0.05, 0.1) is 12.6 Å². The van der Waals surface area contributed by atoms with E-state index in [-0.39, 0.29) is 11.1 Å². The highest BCUT2D eigenvalue weighted by atomic mass is 28.4. The van der Waals surface area contributed by atoms with Crippen LogP contribution in [0.2, 0.25) is 18.1 Å². The van der Waals surface area contributed by atoms with Crippen molar-refractivity contribution in [3.8, 4) is 0 Å². The van der Waals surface area contributed by atoms with Crippen LogP contribution in [0.5, 0.6) is 0 Å². The second kappa shape index (κ2) is 7.39. The summed E-state index contributed by atoms with van der Waals surface area (Å²) in [5, 5.41) is 0.0843. The zero-order valence-corrected chi connectivity index (χ0v) is 18.6. The lowest BCUT2D eigenvalue weighted by Gasteiger charge is -2.38. The molecule has 1 amide bonds. The summed E-state index contributed by atoms with van der Waals surface area (Å²) in [7, 11) is -1.97. The number of aldehydes is 1. The molecule has 2 unspecified atom stereocenters. The van der Waals surface area contributed by atoms with Crippen molar-refractivity contribution < 1.29 is 18.8 Å². The van der Waals surface area contributed by atoms with E-state index in [0.29, 0.717) is 19.4 Å². The predicted molar refractivity (Wildman–Crippen MR) is 103 cm³/mol. The number of likely N-dealkylation sites (tertiary alicyclic amines) is 1. The summed E-state index contributed by atoms with van der Waals surface area (Å²) in [6.07, 6.45) is 2.39. The van der Waals surface area contributed by atoms with Crippen LogP contribution in [-0.4, -0.2) is 49.4 Å². The number of carbonyl (C=O) groups is 2. The van der Waals surface area contributed by atoms with Gasteiger partial charge in [0.1, 0.15) is 17.4 Å². The third-order valence-corrected chi connectivity index (χ3v) is 9.82. The first-order chi connectivity index (χ1) is 11.2. The van der Waals surface area contributed by atoms with Crippen LogP contribution in [0.25, 0.3) is 0 Å². The van der Waals surface area contributed by atoms with Gasteiger partial charge in [-0.3, -0.25) is 4.90 Å². The Bertz CT molecular complexity index is 493. The molecule has 2 atom stereocenters. The Balaban J connectivity index is 3.06. The van der Waals surface area contributed by atoms with Crippen LogP contribution in [0.3, 0.4) is 0 Å². The molecule has 5 nitrogen and oxygen atoms in total. The zero-order chi connectivity index (χ0) is 19.7. The van der Waals surface area contributed by atoms with Crippen LogP contribution in [0.4, 0.5) is 4.79 Å². The molecule has 0 radical (unpaired) electrons. The fourth-order valence-electron chi connectivity index (χ4n) is 3.04. The van der Waals surface area contributed by atoms with E-state index in [9.17, 15) is 9.59 Å². The first-order valence-electron chi connectivity index (χ1n) is 9.32. The molecular formula is C19H37NO4Si. The average molecular weight is 372 g/mol. The molecule has 0 bridgehead atoms. The van der Waals surface area contributed by atoms with Gasteiger partial charge < -0.3 is 14.0 Å². The summed E-state index contributed by atoms with van der Waals surface area (Å²) in [5.41, 5.74) is -1.40. The van der Waals surface area contributed by atoms with Gasteiger partial charge in [-0.15, -0.1) is 0 Å². The number of nitrogens with zero attached hydrogens (tertiary/aromatic N) is 1. The molecule has 1 fully saturated rings. The van der Waals surface area contributed by atoms with E-state index in [1.165, 1.54) is 0 Å². The van der Waals surface area contributed by atoms with E-state index in [1.54, 1.807) is 4.90 Å². The minimum absolute atomic E-state index is 0.0843. The van der Waals surface area contributed by atoms with Crippen LogP contribution in [0.1, 0.15) is 67.7 Å². The van der Waals surface area contributed by atoms with Crippen molar-refractivity contribution in [2.24, 2.45) is 0 Å². The molecule has 0 saturated carbocycles. The van der Waals surface area contributed by atoms with Crippen molar-refractivity contribution in [3.63, 3.8) is 0 Å². The van der Waals surface area contributed by atoms with Gasteiger partial charge in [0.15, 0.2) is 8.32 Å². The van der Waals surface area contributed by atoms with Gasteiger partial charge in [-0.25, -0.2) is 4.79 Å². The highest BCUT2D eigenvalue weighted by molar-refractivity contribution is 6.74. The Morgan fingerprint density at radius 3 is 2.20 bits per heavy atom. The molecule has 0 aromatic carbocycles. The second-order valence-electron chi connectivity index (χ2n) is 9.77. The van der Waals surface area contributed by atoms with Crippen molar-refractivity contribution in [1.29, 1.82) is 0 Å². The van der Waals surface area contributed by atoms with E-state index in [1.807, 2.05) is 27.7 Å². The molecule has 0 aromatic rings. The lowest BCUT2D eigenvalue weighted by Crippen LogP contribution is -2.50. The number of amides is 1. The maximum atomic E-state index is 12.7. The van der Waals surface area contributed by atoms with Gasteiger partial charge in [-0.1, -0.05) is 34.1 Å². The SMILES string of the molecule is CCCC1(C=O)CC(O[Si](C)(C)C(C)(C)C)CN1C(=O)OC(C)(C)C. The third kappa shape index (κ3) is 5.30. The van der Waals surface area contributed by atoms with Crippen molar-refractivity contribution >= 4 is 20.7 Å². The first kappa shape index (κ1) is 22.2. The molecule has 0 aromatic heterocycles. The van der Waals surface area contributed by atoms with Crippen LogP contribution >= 0.6 is 0 Å². The van der Waals surface area contributed by atoms with Gasteiger partial charge in [0.25, 0.3) is 0 Å². The smallest absolute Gasteiger partial charge is 0.411 e. The Morgan fingerprint density at radius 2 is 1.80 bits per heavy atom. The van der Waals surface area contributed by atoms with E-state index in [0.717, 1.165) is 12.7 Å². The minimum atomic E-state index is -1.97. The summed E-state index contributed by atoms with van der Waals surface area (Å²) < 4.78 is 12.1. The Kier molecular flexibility index (Phi) is 6.55. The normalized spacial score (nSPS) is 25.2. The molecule has 146 valence electrons. The fraction of sp³-hybridized carbons (Fsp3) is 0.895. The highest BCUT2D eigenvalue weighted by Gasteiger charge is 2.51. The lowest BCUT2D eigenvalue weighted by molar-refractivity contribution is -0.117. The molecule has 1 rings (SSSR count). The second-order valence-corrected chi connectivity index (χ2v) is 14.5. The first-order valence-corrected chi connectivity index (χ1v) is 12.2. The van der Waals surface area contributed by atoms with Gasteiger partial charge >= 0.3 is 6.09 Å². The Labute approximate surface area is 154 Å². The molecule has 0 spiro atoms. The molecule has 1 saturated heterocycles. The third-order valence-electron chi connectivity index (χ3n) is 5.29. The topological polar surface area (TPSA) is 55.8 Å². The monoisotopic (exact) mass is 371 g/mol. The summed E-state index contributed by atoms with van der Waals surface area (Å²) in [6, 6.07) is 0. The summed E-state index contributed by atoms with van der Waals surface area (Å²) in [4.78, 5) is 26.3. The van der Waals surface area contributed by atoms with Crippen molar-refractivity contribution in [3.05, 3.63) is 0 Å². The quantitative estimate of drug-likeness (QED) is 0.517. The van der Waals surface area contributed by atoms with E-state index in [2.05, 4.69) is 33.9 Å². The minimum Gasteiger partial charge on any atom is -0.444 e. The van der Waals surface area contributed by atoms with Crippen LogP contribution < -0.4 is 0 Å². The van der Waals surface area contributed by atoms with Crippen LogP contribution in [0, 0.1) is 0 Å².